The molecule has 3 aromatic rings. The van der Waals surface area contributed by atoms with Gasteiger partial charge in [0.1, 0.15) is 0 Å². The maximum Gasteiger partial charge on any atom is 0.276 e. The van der Waals surface area contributed by atoms with Crippen LogP contribution in [0.3, 0.4) is 0 Å². The van der Waals surface area contributed by atoms with Gasteiger partial charge in [0.15, 0.2) is 17.2 Å². The van der Waals surface area contributed by atoms with E-state index in [-0.39, 0.29) is 17.6 Å². The predicted molar refractivity (Wildman–Crippen MR) is 91.2 cm³/mol. The Labute approximate surface area is 149 Å². The van der Waals surface area contributed by atoms with Gasteiger partial charge in [-0.25, -0.2) is 0 Å². The Morgan fingerprint density at radius 1 is 1.24 bits per heavy atom. The Morgan fingerprint density at radius 3 is 2.88 bits per heavy atom. The first-order chi connectivity index (χ1) is 12.1. The van der Waals surface area contributed by atoms with Gasteiger partial charge in [-0.1, -0.05) is 34.0 Å². The molecule has 0 saturated carbocycles. The molecule has 1 aliphatic rings. The van der Waals surface area contributed by atoms with E-state index in [9.17, 15) is 4.79 Å². The lowest BCUT2D eigenvalue weighted by atomic mass is 10.1. The van der Waals surface area contributed by atoms with Gasteiger partial charge in [0.2, 0.25) is 0 Å². The van der Waals surface area contributed by atoms with E-state index in [0.717, 1.165) is 24.1 Å². The summed E-state index contributed by atoms with van der Waals surface area (Å²) in [7, 11) is 0. The lowest BCUT2D eigenvalue weighted by Crippen LogP contribution is -2.30. The SMILES string of the molecule is Cc1cc([C@H]2CCCN2C(=O)c2cc(-c3cccc(Cl)c3)on2)on1. The minimum absolute atomic E-state index is 0.111. The molecule has 0 radical (unpaired) electrons. The third kappa shape index (κ3) is 3.05. The van der Waals surface area contributed by atoms with Crippen LogP contribution in [-0.4, -0.2) is 27.7 Å². The van der Waals surface area contributed by atoms with Crippen LogP contribution in [0.25, 0.3) is 11.3 Å². The molecule has 0 unspecified atom stereocenters. The second kappa shape index (κ2) is 6.37. The van der Waals surface area contributed by atoms with Gasteiger partial charge in [-0.05, 0) is 31.9 Å². The normalized spacial score (nSPS) is 17.2. The highest BCUT2D eigenvalue weighted by Crippen LogP contribution is 2.34. The molecule has 128 valence electrons. The molecule has 1 fully saturated rings. The van der Waals surface area contributed by atoms with Crippen molar-refractivity contribution in [2.24, 2.45) is 0 Å². The summed E-state index contributed by atoms with van der Waals surface area (Å²) in [4.78, 5) is 14.6. The summed E-state index contributed by atoms with van der Waals surface area (Å²) in [5.41, 5.74) is 1.86. The van der Waals surface area contributed by atoms with E-state index in [1.807, 2.05) is 25.1 Å². The number of nitrogens with zero attached hydrogens (tertiary/aromatic N) is 3. The molecule has 6 nitrogen and oxygen atoms in total. The molecule has 4 rings (SSSR count). The van der Waals surface area contributed by atoms with Crippen LogP contribution < -0.4 is 0 Å². The molecule has 1 aromatic carbocycles. The number of amides is 1. The second-order valence-electron chi connectivity index (χ2n) is 6.11. The van der Waals surface area contributed by atoms with Crippen molar-refractivity contribution >= 4 is 17.5 Å². The molecule has 3 heterocycles. The molecule has 1 saturated heterocycles. The summed E-state index contributed by atoms with van der Waals surface area (Å²) in [5, 5.41) is 8.46. The van der Waals surface area contributed by atoms with Crippen molar-refractivity contribution in [1.29, 1.82) is 0 Å². The van der Waals surface area contributed by atoms with Crippen molar-refractivity contribution in [3.05, 3.63) is 58.6 Å². The second-order valence-corrected chi connectivity index (χ2v) is 6.55. The quantitative estimate of drug-likeness (QED) is 0.700. The molecule has 2 aromatic heterocycles. The predicted octanol–water partition coefficient (Wildman–Crippen LogP) is 4.27. The molecular formula is C18H16ClN3O3. The molecule has 0 N–H and O–H groups in total. The van der Waals surface area contributed by atoms with Gasteiger partial charge in [0, 0.05) is 29.3 Å². The van der Waals surface area contributed by atoms with Crippen LogP contribution >= 0.6 is 11.6 Å². The zero-order valence-corrected chi connectivity index (χ0v) is 14.4. The topological polar surface area (TPSA) is 72.4 Å². The Balaban J connectivity index is 1.58. The zero-order valence-electron chi connectivity index (χ0n) is 13.6. The maximum absolute atomic E-state index is 12.9. The minimum atomic E-state index is -0.173. The Morgan fingerprint density at radius 2 is 2.12 bits per heavy atom. The van der Waals surface area contributed by atoms with E-state index in [2.05, 4.69) is 10.3 Å². The molecule has 1 amide bonds. The number of rotatable bonds is 3. The number of aryl methyl sites for hydroxylation is 1. The maximum atomic E-state index is 12.9. The summed E-state index contributed by atoms with van der Waals surface area (Å²) in [6.07, 6.45) is 1.76. The minimum Gasteiger partial charge on any atom is -0.359 e. The van der Waals surface area contributed by atoms with Crippen LogP contribution in [-0.2, 0) is 0 Å². The summed E-state index contributed by atoms with van der Waals surface area (Å²) < 4.78 is 10.7. The van der Waals surface area contributed by atoms with Gasteiger partial charge in [-0.2, -0.15) is 0 Å². The van der Waals surface area contributed by atoms with Crippen molar-refractivity contribution < 1.29 is 13.8 Å². The highest BCUT2D eigenvalue weighted by Gasteiger charge is 2.34. The summed E-state index contributed by atoms with van der Waals surface area (Å²) in [5.74, 6) is 1.05. The standard InChI is InChI=1S/C18H16ClN3O3/c1-11-8-17(25-20-11)15-6-3-7-22(15)18(23)14-10-16(24-21-14)12-4-2-5-13(19)9-12/h2,4-5,8-10,15H,3,6-7H2,1H3/t15-/m1/s1. The average molecular weight is 358 g/mol. The van der Waals surface area contributed by atoms with E-state index in [1.54, 1.807) is 23.1 Å². The highest BCUT2D eigenvalue weighted by atomic mass is 35.5. The van der Waals surface area contributed by atoms with Crippen molar-refractivity contribution in [3.63, 3.8) is 0 Å². The van der Waals surface area contributed by atoms with E-state index in [4.69, 9.17) is 20.6 Å². The number of carbonyl (C=O) groups is 1. The van der Waals surface area contributed by atoms with Crippen molar-refractivity contribution in [2.45, 2.75) is 25.8 Å². The van der Waals surface area contributed by atoms with Gasteiger partial charge in [0.25, 0.3) is 5.91 Å². The van der Waals surface area contributed by atoms with Gasteiger partial charge in [0.05, 0.1) is 11.7 Å². The van der Waals surface area contributed by atoms with Crippen LogP contribution in [0.4, 0.5) is 0 Å². The molecule has 25 heavy (non-hydrogen) atoms. The third-order valence-corrected chi connectivity index (χ3v) is 4.56. The molecule has 0 spiro atoms. The molecule has 1 aliphatic heterocycles. The fourth-order valence-electron chi connectivity index (χ4n) is 3.15. The average Bonchev–Trinajstić information content (AvgIpc) is 3.34. The Kier molecular flexibility index (Phi) is 4.05. The molecule has 0 bridgehead atoms. The van der Waals surface area contributed by atoms with Crippen LogP contribution in [0.5, 0.6) is 0 Å². The number of carbonyl (C=O) groups excluding carboxylic acids is 1. The first-order valence-corrected chi connectivity index (χ1v) is 8.46. The fraction of sp³-hybridized carbons (Fsp3) is 0.278. The molecular weight excluding hydrogens is 342 g/mol. The number of benzene rings is 1. The molecule has 7 heteroatoms. The smallest absolute Gasteiger partial charge is 0.276 e. The van der Waals surface area contributed by atoms with E-state index < -0.39 is 0 Å². The summed E-state index contributed by atoms with van der Waals surface area (Å²) in [6.45, 7) is 2.52. The fourth-order valence-corrected chi connectivity index (χ4v) is 3.34. The van der Waals surface area contributed by atoms with Crippen LogP contribution in [0, 0.1) is 6.92 Å². The van der Waals surface area contributed by atoms with Gasteiger partial charge in [-0.3, -0.25) is 4.79 Å². The lowest BCUT2D eigenvalue weighted by molar-refractivity contribution is 0.0704. The number of aromatic nitrogens is 2. The Bertz CT molecular complexity index is 918. The number of likely N-dealkylation sites (tertiary alicyclic amines) is 1. The van der Waals surface area contributed by atoms with Gasteiger partial charge in [-0.15, -0.1) is 0 Å². The molecule has 0 aliphatic carbocycles. The summed E-state index contributed by atoms with van der Waals surface area (Å²) in [6, 6.07) is 10.6. The van der Waals surface area contributed by atoms with Gasteiger partial charge >= 0.3 is 0 Å². The Hall–Kier alpha value is -2.60. The largest absolute Gasteiger partial charge is 0.359 e. The monoisotopic (exact) mass is 357 g/mol. The third-order valence-electron chi connectivity index (χ3n) is 4.33. The first kappa shape index (κ1) is 15.9. The first-order valence-electron chi connectivity index (χ1n) is 8.08. The van der Waals surface area contributed by atoms with Crippen molar-refractivity contribution in [1.82, 2.24) is 15.2 Å². The van der Waals surface area contributed by atoms with Crippen molar-refractivity contribution in [2.75, 3.05) is 6.54 Å². The number of halogens is 1. The highest BCUT2D eigenvalue weighted by molar-refractivity contribution is 6.30. The van der Waals surface area contributed by atoms with Gasteiger partial charge < -0.3 is 13.9 Å². The number of hydrogen-bond donors (Lipinski definition) is 0. The van der Waals surface area contributed by atoms with Crippen molar-refractivity contribution in [3.8, 4) is 11.3 Å². The number of hydrogen-bond acceptors (Lipinski definition) is 5. The molecule has 1 atom stereocenters. The van der Waals surface area contributed by atoms with Crippen LogP contribution in [0.2, 0.25) is 5.02 Å². The summed E-state index contributed by atoms with van der Waals surface area (Å²) >= 11 is 6.00. The zero-order chi connectivity index (χ0) is 17.4. The van der Waals surface area contributed by atoms with Crippen LogP contribution in [0.1, 0.15) is 40.8 Å². The van der Waals surface area contributed by atoms with E-state index >= 15 is 0 Å². The van der Waals surface area contributed by atoms with Crippen LogP contribution in [0.15, 0.2) is 45.4 Å². The van der Waals surface area contributed by atoms with E-state index in [0.29, 0.717) is 23.1 Å². The van der Waals surface area contributed by atoms with E-state index in [1.165, 1.54) is 0 Å². The lowest BCUT2D eigenvalue weighted by Gasteiger charge is -2.21.